The fourth-order valence-electron chi connectivity index (χ4n) is 1.42. The lowest BCUT2D eigenvalue weighted by atomic mass is 9.87. The van der Waals surface area contributed by atoms with Gasteiger partial charge in [0.25, 0.3) is 0 Å². The summed E-state index contributed by atoms with van der Waals surface area (Å²) in [5.41, 5.74) is 0.0577. The van der Waals surface area contributed by atoms with Gasteiger partial charge in [-0.15, -0.1) is 0 Å². The van der Waals surface area contributed by atoms with E-state index in [1.165, 1.54) is 26.2 Å². The Kier molecular flexibility index (Phi) is 3.98. The third-order valence-corrected chi connectivity index (χ3v) is 4.41. The van der Waals surface area contributed by atoms with Gasteiger partial charge in [-0.05, 0) is 12.1 Å². The van der Waals surface area contributed by atoms with Crippen LogP contribution in [-0.4, -0.2) is 32.6 Å². The molecule has 1 rings (SSSR count). The summed E-state index contributed by atoms with van der Waals surface area (Å²) in [6.07, 6.45) is 0. The number of rotatable bonds is 3. The molecule has 0 atom stereocenters. The van der Waals surface area contributed by atoms with E-state index in [-0.39, 0.29) is 10.7 Å². The summed E-state index contributed by atoms with van der Waals surface area (Å²) < 4.78 is 24.8. The first-order chi connectivity index (χ1) is 8.06. The Morgan fingerprint density at radius 2 is 1.50 bits per heavy atom. The molecule has 0 radical (unpaired) electrons. The zero-order chi connectivity index (χ0) is 14.1. The van der Waals surface area contributed by atoms with E-state index in [9.17, 15) is 13.2 Å². The molecule has 0 aliphatic carbocycles. The molecule has 0 saturated carbocycles. The van der Waals surface area contributed by atoms with E-state index >= 15 is 0 Å². The maximum atomic E-state index is 12.0. The van der Waals surface area contributed by atoms with Gasteiger partial charge >= 0.3 is 0 Å². The smallest absolute Gasteiger partial charge is 0.242 e. The first-order valence-electron chi connectivity index (χ1n) is 5.64. The van der Waals surface area contributed by atoms with Crippen LogP contribution < -0.4 is 0 Å². The van der Waals surface area contributed by atoms with Crippen LogP contribution in [-0.2, 0) is 10.0 Å². The minimum Gasteiger partial charge on any atom is -0.294 e. The van der Waals surface area contributed by atoms with Crippen molar-refractivity contribution in [1.29, 1.82) is 0 Å². The third-order valence-electron chi connectivity index (χ3n) is 2.58. The highest BCUT2D eigenvalue weighted by Crippen LogP contribution is 2.22. The van der Waals surface area contributed by atoms with Crippen LogP contribution in [0.3, 0.4) is 0 Å². The Labute approximate surface area is 109 Å². The summed E-state index contributed by atoms with van der Waals surface area (Å²) >= 11 is 0. The first-order valence-corrected chi connectivity index (χ1v) is 7.08. The molecule has 0 heterocycles. The molecule has 0 amide bonds. The fraction of sp³-hybridized carbons (Fsp3) is 0.462. The van der Waals surface area contributed by atoms with E-state index in [1.807, 2.05) is 20.8 Å². The van der Waals surface area contributed by atoms with Crippen molar-refractivity contribution in [2.45, 2.75) is 25.7 Å². The Hall–Kier alpha value is -1.20. The molecule has 0 aliphatic rings. The molecule has 18 heavy (non-hydrogen) atoms. The third kappa shape index (κ3) is 2.97. The summed E-state index contributed by atoms with van der Waals surface area (Å²) in [5.74, 6) is -0.00342. The second kappa shape index (κ2) is 4.82. The first kappa shape index (κ1) is 14.9. The number of Topliss-reactive ketones (excluding diaryl/α,β-unsaturated/α-hetero) is 1. The van der Waals surface area contributed by atoms with Crippen molar-refractivity contribution >= 4 is 15.8 Å². The number of hydrogen-bond donors (Lipinski definition) is 0. The van der Waals surface area contributed by atoms with E-state index in [0.29, 0.717) is 5.56 Å². The van der Waals surface area contributed by atoms with Crippen LogP contribution >= 0.6 is 0 Å². The van der Waals surface area contributed by atoms with Crippen molar-refractivity contribution in [2.24, 2.45) is 5.41 Å². The number of carbonyl (C=O) groups excluding carboxylic acids is 1. The maximum Gasteiger partial charge on any atom is 0.242 e. The SMILES string of the molecule is CN(C)S(=O)(=O)c1ccc(C(=O)C(C)(C)C)cc1. The molecule has 1 aromatic rings. The topological polar surface area (TPSA) is 54.5 Å². The van der Waals surface area contributed by atoms with Crippen LogP contribution in [0.25, 0.3) is 0 Å². The van der Waals surface area contributed by atoms with Gasteiger partial charge in [0.05, 0.1) is 4.90 Å². The molecule has 0 N–H and O–H groups in total. The highest BCUT2D eigenvalue weighted by Gasteiger charge is 2.23. The van der Waals surface area contributed by atoms with Crippen LogP contribution in [0.4, 0.5) is 0 Å². The maximum absolute atomic E-state index is 12.0. The van der Waals surface area contributed by atoms with Gasteiger partial charge < -0.3 is 0 Å². The average molecular weight is 269 g/mol. The van der Waals surface area contributed by atoms with Gasteiger partial charge in [0.1, 0.15) is 0 Å². The lowest BCUT2D eigenvalue weighted by molar-refractivity contribution is 0.0858. The highest BCUT2D eigenvalue weighted by molar-refractivity contribution is 7.89. The summed E-state index contributed by atoms with van der Waals surface area (Å²) in [6, 6.07) is 6.05. The van der Waals surface area contributed by atoms with Gasteiger partial charge in [0, 0.05) is 25.1 Å². The zero-order valence-corrected chi connectivity index (χ0v) is 12.2. The number of carbonyl (C=O) groups is 1. The molecule has 0 fully saturated rings. The second-order valence-corrected chi connectivity index (χ2v) is 7.54. The average Bonchev–Trinajstić information content (AvgIpc) is 2.26. The van der Waals surface area contributed by atoms with Crippen molar-refractivity contribution in [1.82, 2.24) is 4.31 Å². The van der Waals surface area contributed by atoms with E-state index in [2.05, 4.69) is 0 Å². The van der Waals surface area contributed by atoms with Crippen LogP contribution in [0.1, 0.15) is 31.1 Å². The van der Waals surface area contributed by atoms with Gasteiger partial charge in [-0.3, -0.25) is 4.79 Å². The number of nitrogens with zero attached hydrogens (tertiary/aromatic N) is 1. The van der Waals surface area contributed by atoms with E-state index in [0.717, 1.165) is 4.31 Å². The Bertz CT molecular complexity index is 537. The molecule has 0 aliphatic heterocycles. The van der Waals surface area contributed by atoms with Gasteiger partial charge in [0.15, 0.2) is 5.78 Å². The van der Waals surface area contributed by atoms with Gasteiger partial charge in [0.2, 0.25) is 10.0 Å². The minimum atomic E-state index is -3.43. The largest absolute Gasteiger partial charge is 0.294 e. The van der Waals surface area contributed by atoms with E-state index < -0.39 is 15.4 Å². The van der Waals surface area contributed by atoms with Crippen molar-refractivity contribution < 1.29 is 13.2 Å². The molecule has 0 saturated heterocycles. The normalized spacial score (nSPS) is 12.8. The number of hydrogen-bond acceptors (Lipinski definition) is 3. The zero-order valence-electron chi connectivity index (χ0n) is 11.4. The number of benzene rings is 1. The molecule has 0 aromatic heterocycles. The summed E-state index contributed by atoms with van der Waals surface area (Å²) in [5, 5.41) is 0. The predicted octanol–water partition coefficient (Wildman–Crippen LogP) is 2.17. The number of ketones is 1. The second-order valence-electron chi connectivity index (χ2n) is 5.39. The van der Waals surface area contributed by atoms with Crippen LogP contribution in [0.2, 0.25) is 0 Å². The van der Waals surface area contributed by atoms with Crippen molar-refractivity contribution in [3.8, 4) is 0 Å². The van der Waals surface area contributed by atoms with E-state index in [1.54, 1.807) is 12.1 Å². The van der Waals surface area contributed by atoms with Crippen molar-refractivity contribution in [3.63, 3.8) is 0 Å². The van der Waals surface area contributed by atoms with Crippen LogP contribution in [0.15, 0.2) is 29.2 Å². The molecular weight excluding hydrogens is 250 g/mol. The van der Waals surface area contributed by atoms with Crippen molar-refractivity contribution in [3.05, 3.63) is 29.8 Å². The molecule has 100 valence electrons. The molecule has 0 spiro atoms. The predicted molar refractivity (Wildman–Crippen MR) is 71.1 cm³/mol. The molecule has 0 unspecified atom stereocenters. The molecular formula is C13H19NO3S. The molecule has 5 heteroatoms. The summed E-state index contributed by atoms with van der Waals surface area (Å²) in [7, 11) is -0.481. The minimum absolute atomic E-state index is 0.00342. The highest BCUT2D eigenvalue weighted by atomic mass is 32.2. The monoisotopic (exact) mass is 269 g/mol. The van der Waals surface area contributed by atoms with Gasteiger partial charge in [-0.25, -0.2) is 12.7 Å². The van der Waals surface area contributed by atoms with E-state index in [4.69, 9.17) is 0 Å². The molecule has 0 bridgehead atoms. The summed E-state index contributed by atoms with van der Waals surface area (Å²) in [6.45, 7) is 5.50. The van der Waals surface area contributed by atoms with Gasteiger partial charge in [-0.2, -0.15) is 0 Å². The van der Waals surface area contributed by atoms with Crippen LogP contribution in [0, 0.1) is 5.41 Å². The molecule has 4 nitrogen and oxygen atoms in total. The fourth-order valence-corrected chi connectivity index (χ4v) is 2.32. The Balaban J connectivity index is 3.13. The Morgan fingerprint density at radius 3 is 1.83 bits per heavy atom. The quantitative estimate of drug-likeness (QED) is 0.790. The van der Waals surface area contributed by atoms with Crippen molar-refractivity contribution in [2.75, 3.05) is 14.1 Å². The lowest BCUT2D eigenvalue weighted by Gasteiger charge is -2.17. The standard InChI is InChI=1S/C13H19NO3S/c1-13(2,3)12(15)10-6-8-11(9-7-10)18(16,17)14(4)5/h6-9H,1-5H3. The van der Waals surface area contributed by atoms with Gasteiger partial charge in [-0.1, -0.05) is 32.9 Å². The summed E-state index contributed by atoms with van der Waals surface area (Å²) in [4.78, 5) is 12.2. The van der Waals surface area contributed by atoms with Crippen LogP contribution in [0.5, 0.6) is 0 Å². The lowest BCUT2D eigenvalue weighted by Crippen LogP contribution is -2.23. The molecule has 1 aromatic carbocycles. The Morgan fingerprint density at radius 1 is 1.06 bits per heavy atom. The number of sulfonamides is 1.